The maximum absolute atomic E-state index is 8.86. The van der Waals surface area contributed by atoms with Crippen molar-refractivity contribution in [3.8, 4) is 11.9 Å². The van der Waals surface area contributed by atoms with Crippen LogP contribution in [0.15, 0.2) is 12.3 Å². The van der Waals surface area contributed by atoms with Crippen LogP contribution in [0, 0.1) is 17.2 Å². The van der Waals surface area contributed by atoms with Crippen molar-refractivity contribution in [2.24, 2.45) is 11.7 Å². The summed E-state index contributed by atoms with van der Waals surface area (Å²) in [5.74, 6) is 0.703. The summed E-state index contributed by atoms with van der Waals surface area (Å²) < 4.78 is 5.78. The molecule has 0 spiro atoms. The van der Waals surface area contributed by atoms with Gasteiger partial charge in [0.1, 0.15) is 17.2 Å². The predicted octanol–water partition coefficient (Wildman–Crippen LogP) is 2.11. The number of pyridine rings is 1. The number of nitriles is 1. The number of nitrogens with two attached hydrogens (primary N) is 1. The normalized spacial score (nSPS) is 23.4. The van der Waals surface area contributed by atoms with Gasteiger partial charge in [-0.15, -0.1) is 0 Å². The van der Waals surface area contributed by atoms with Crippen LogP contribution in [0.25, 0.3) is 0 Å². The standard InChI is InChI=1S/C12H14ClN3O/c13-11-9(7-15)4-5-16-12(11)17-10-3-1-2-8(10)6-14/h4-5,8,10H,1-3,6,14H2. The third-order valence-corrected chi connectivity index (χ3v) is 3.50. The van der Waals surface area contributed by atoms with Crippen LogP contribution < -0.4 is 10.5 Å². The molecule has 1 fully saturated rings. The molecule has 0 aromatic carbocycles. The third kappa shape index (κ3) is 2.51. The SMILES string of the molecule is N#Cc1ccnc(OC2CCCC2CN)c1Cl. The van der Waals surface area contributed by atoms with Crippen LogP contribution in [0.3, 0.4) is 0 Å². The lowest BCUT2D eigenvalue weighted by Gasteiger charge is -2.19. The molecule has 2 rings (SSSR count). The molecule has 1 aliphatic carbocycles. The van der Waals surface area contributed by atoms with Crippen molar-refractivity contribution < 1.29 is 4.74 Å². The quantitative estimate of drug-likeness (QED) is 0.893. The van der Waals surface area contributed by atoms with E-state index in [1.807, 2.05) is 6.07 Å². The zero-order chi connectivity index (χ0) is 12.3. The molecular formula is C12H14ClN3O. The Hall–Kier alpha value is -1.31. The first kappa shape index (κ1) is 12.2. The average Bonchev–Trinajstić information content (AvgIpc) is 2.79. The molecule has 5 heteroatoms. The van der Waals surface area contributed by atoms with E-state index in [1.54, 1.807) is 6.07 Å². The summed E-state index contributed by atoms with van der Waals surface area (Å²) in [4.78, 5) is 4.07. The highest BCUT2D eigenvalue weighted by Crippen LogP contribution is 2.32. The lowest BCUT2D eigenvalue weighted by Crippen LogP contribution is -2.28. The summed E-state index contributed by atoms with van der Waals surface area (Å²) in [7, 11) is 0. The minimum atomic E-state index is 0.0685. The zero-order valence-corrected chi connectivity index (χ0v) is 10.2. The second kappa shape index (κ2) is 5.35. The van der Waals surface area contributed by atoms with Gasteiger partial charge in [0.25, 0.3) is 0 Å². The van der Waals surface area contributed by atoms with Crippen molar-refractivity contribution in [2.75, 3.05) is 6.54 Å². The van der Waals surface area contributed by atoms with Gasteiger partial charge in [0.05, 0.1) is 5.56 Å². The van der Waals surface area contributed by atoms with E-state index in [0.717, 1.165) is 19.3 Å². The molecule has 0 amide bonds. The highest BCUT2D eigenvalue weighted by Gasteiger charge is 2.28. The maximum atomic E-state index is 8.86. The second-order valence-corrected chi connectivity index (χ2v) is 4.55. The Kier molecular flexibility index (Phi) is 3.82. The Morgan fingerprint density at radius 3 is 3.12 bits per heavy atom. The van der Waals surface area contributed by atoms with Crippen molar-refractivity contribution >= 4 is 11.6 Å². The van der Waals surface area contributed by atoms with E-state index in [0.29, 0.717) is 23.9 Å². The van der Waals surface area contributed by atoms with Crippen LogP contribution >= 0.6 is 11.6 Å². The molecular weight excluding hydrogens is 238 g/mol. The number of ether oxygens (including phenoxy) is 1. The van der Waals surface area contributed by atoms with Gasteiger partial charge in [0.15, 0.2) is 0 Å². The van der Waals surface area contributed by atoms with Crippen molar-refractivity contribution in [3.63, 3.8) is 0 Å². The third-order valence-electron chi connectivity index (χ3n) is 3.13. The van der Waals surface area contributed by atoms with Gasteiger partial charge in [-0.3, -0.25) is 0 Å². The molecule has 0 bridgehead atoms. The van der Waals surface area contributed by atoms with E-state index in [9.17, 15) is 0 Å². The molecule has 2 N–H and O–H groups in total. The molecule has 2 unspecified atom stereocenters. The number of hydrogen-bond acceptors (Lipinski definition) is 4. The molecule has 1 aliphatic rings. The fourth-order valence-corrected chi connectivity index (χ4v) is 2.36. The van der Waals surface area contributed by atoms with Gasteiger partial charge < -0.3 is 10.5 Å². The second-order valence-electron chi connectivity index (χ2n) is 4.17. The highest BCUT2D eigenvalue weighted by atomic mass is 35.5. The van der Waals surface area contributed by atoms with E-state index >= 15 is 0 Å². The van der Waals surface area contributed by atoms with Crippen LogP contribution in [-0.2, 0) is 0 Å². The Labute approximate surface area is 105 Å². The summed E-state index contributed by atoms with van der Waals surface area (Å²) in [5.41, 5.74) is 6.07. The number of hydrogen-bond donors (Lipinski definition) is 1. The Bertz CT molecular complexity index is 444. The van der Waals surface area contributed by atoms with E-state index in [2.05, 4.69) is 4.98 Å². The maximum Gasteiger partial charge on any atom is 0.234 e. The fraction of sp³-hybridized carbons (Fsp3) is 0.500. The topological polar surface area (TPSA) is 71.9 Å². The summed E-state index contributed by atoms with van der Waals surface area (Å²) in [6.45, 7) is 0.611. The lowest BCUT2D eigenvalue weighted by atomic mass is 10.1. The number of nitrogens with zero attached hydrogens (tertiary/aromatic N) is 2. The first-order valence-corrected chi connectivity index (χ1v) is 6.05. The van der Waals surface area contributed by atoms with Crippen molar-refractivity contribution in [1.82, 2.24) is 4.98 Å². The largest absolute Gasteiger partial charge is 0.473 e. The molecule has 0 aliphatic heterocycles. The molecule has 17 heavy (non-hydrogen) atoms. The molecule has 0 radical (unpaired) electrons. The minimum absolute atomic E-state index is 0.0685. The molecule has 1 heterocycles. The number of halogens is 1. The Morgan fingerprint density at radius 1 is 1.59 bits per heavy atom. The van der Waals surface area contributed by atoms with Gasteiger partial charge in [-0.05, 0) is 31.9 Å². The van der Waals surface area contributed by atoms with Gasteiger partial charge in [0, 0.05) is 12.1 Å². The van der Waals surface area contributed by atoms with E-state index in [1.165, 1.54) is 6.20 Å². The Balaban J connectivity index is 2.16. The van der Waals surface area contributed by atoms with Gasteiger partial charge in [-0.2, -0.15) is 5.26 Å². The van der Waals surface area contributed by atoms with Crippen LogP contribution in [0.2, 0.25) is 5.02 Å². The molecule has 4 nitrogen and oxygen atoms in total. The first-order valence-electron chi connectivity index (χ1n) is 5.67. The Morgan fingerprint density at radius 2 is 2.41 bits per heavy atom. The van der Waals surface area contributed by atoms with E-state index in [-0.39, 0.29) is 11.1 Å². The summed E-state index contributed by atoms with van der Waals surface area (Å²) in [5, 5.41) is 9.15. The molecule has 90 valence electrons. The fourth-order valence-electron chi connectivity index (χ4n) is 2.16. The number of rotatable bonds is 3. The van der Waals surface area contributed by atoms with Gasteiger partial charge in [0.2, 0.25) is 5.88 Å². The van der Waals surface area contributed by atoms with Crippen LogP contribution in [-0.4, -0.2) is 17.6 Å². The smallest absolute Gasteiger partial charge is 0.234 e. The van der Waals surface area contributed by atoms with Crippen LogP contribution in [0.5, 0.6) is 5.88 Å². The van der Waals surface area contributed by atoms with Gasteiger partial charge in [-0.1, -0.05) is 11.6 Å². The molecule has 1 aromatic heterocycles. The molecule has 1 saturated carbocycles. The van der Waals surface area contributed by atoms with Crippen LogP contribution in [0.1, 0.15) is 24.8 Å². The summed E-state index contributed by atoms with van der Waals surface area (Å²) in [6, 6.07) is 3.58. The number of aromatic nitrogens is 1. The molecule has 2 atom stereocenters. The van der Waals surface area contributed by atoms with Crippen molar-refractivity contribution in [2.45, 2.75) is 25.4 Å². The van der Waals surface area contributed by atoms with Crippen molar-refractivity contribution in [3.05, 3.63) is 22.8 Å². The lowest BCUT2D eigenvalue weighted by molar-refractivity contribution is 0.155. The van der Waals surface area contributed by atoms with Crippen LogP contribution in [0.4, 0.5) is 0 Å². The first-order chi connectivity index (χ1) is 8.26. The van der Waals surface area contributed by atoms with Gasteiger partial charge >= 0.3 is 0 Å². The average molecular weight is 252 g/mol. The predicted molar refractivity (Wildman–Crippen MR) is 64.8 cm³/mol. The summed E-state index contributed by atoms with van der Waals surface area (Å²) in [6.07, 6.45) is 4.76. The van der Waals surface area contributed by atoms with Gasteiger partial charge in [-0.25, -0.2) is 4.98 Å². The highest BCUT2D eigenvalue weighted by molar-refractivity contribution is 6.32. The monoisotopic (exact) mass is 251 g/mol. The zero-order valence-electron chi connectivity index (χ0n) is 9.40. The van der Waals surface area contributed by atoms with Crippen molar-refractivity contribution in [1.29, 1.82) is 5.26 Å². The van der Waals surface area contributed by atoms with E-state index in [4.69, 9.17) is 27.3 Å². The molecule has 0 saturated heterocycles. The summed E-state index contributed by atoms with van der Waals surface area (Å²) >= 11 is 6.04. The van der Waals surface area contributed by atoms with E-state index < -0.39 is 0 Å². The molecule has 1 aromatic rings. The minimum Gasteiger partial charge on any atom is -0.473 e.